The fourth-order valence-electron chi connectivity index (χ4n) is 2.34. The summed E-state index contributed by atoms with van der Waals surface area (Å²) in [6.07, 6.45) is 0.875. The van der Waals surface area contributed by atoms with E-state index in [1.54, 1.807) is 25.5 Å². The van der Waals surface area contributed by atoms with E-state index in [0.717, 1.165) is 47.7 Å². The van der Waals surface area contributed by atoms with Crippen molar-refractivity contribution in [2.75, 3.05) is 34.4 Å². The molecule has 1 N–H and O–H groups in total. The fourth-order valence-corrected chi connectivity index (χ4v) is 2.94. The quantitative estimate of drug-likeness (QED) is 0.266. The first-order valence-corrected chi connectivity index (χ1v) is 9.10. The number of aromatic nitrogens is 1. The number of hydrogen-bond donors (Lipinski definition) is 1. The summed E-state index contributed by atoms with van der Waals surface area (Å²) in [6.45, 7) is 4.18. The summed E-state index contributed by atoms with van der Waals surface area (Å²) < 4.78 is 10.9. The fraction of sp³-hybridized carbons (Fsp3) is 0.444. The van der Waals surface area contributed by atoms with Crippen molar-refractivity contribution in [2.24, 2.45) is 4.99 Å². The van der Waals surface area contributed by atoms with Crippen molar-refractivity contribution < 1.29 is 9.47 Å². The summed E-state index contributed by atoms with van der Waals surface area (Å²) in [4.78, 5) is 10.9. The Bertz CT molecular complexity index is 693. The van der Waals surface area contributed by atoms with Crippen molar-refractivity contribution in [1.82, 2.24) is 15.2 Å². The summed E-state index contributed by atoms with van der Waals surface area (Å²) in [5.74, 6) is 2.47. The zero-order valence-corrected chi connectivity index (χ0v) is 18.8. The second-order valence-corrected chi connectivity index (χ2v) is 6.63. The molecule has 0 amide bonds. The van der Waals surface area contributed by atoms with Crippen molar-refractivity contribution in [3.8, 4) is 11.5 Å². The molecule has 0 aliphatic rings. The van der Waals surface area contributed by atoms with Gasteiger partial charge in [-0.15, -0.1) is 35.3 Å². The molecule has 0 atom stereocenters. The van der Waals surface area contributed by atoms with Crippen LogP contribution in [0.1, 0.15) is 17.1 Å². The molecule has 1 heterocycles. The Morgan fingerprint density at radius 2 is 2.12 bits per heavy atom. The third-order valence-corrected chi connectivity index (χ3v) is 4.38. The van der Waals surface area contributed by atoms with Gasteiger partial charge in [0.15, 0.2) is 5.96 Å². The largest absolute Gasteiger partial charge is 0.497 e. The molecule has 0 aliphatic carbocycles. The van der Waals surface area contributed by atoms with E-state index < -0.39 is 0 Å². The van der Waals surface area contributed by atoms with E-state index in [4.69, 9.17) is 9.47 Å². The van der Waals surface area contributed by atoms with E-state index >= 15 is 0 Å². The number of guanidine groups is 1. The molecule has 26 heavy (non-hydrogen) atoms. The van der Waals surface area contributed by atoms with Crippen molar-refractivity contribution >= 4 is 41.3 Å². The number of thiazole rings is 1. The third-order valence-electron chi connectivity index (χ3n) is 3.55. The maximum absolute atomic E-state index is 5.74. The van der Waals surface area contributed by atoms with Gasteiger partial charge in [0.05, 0.1) is 31.0 Å². The first-order valence-electron chi connectivity index (χ1n) is 8.22. The highest BCUT2D eigenvalue weighted by atomic mass is 127. The molecular formula is C18H27IN4O2S. The van der Waals surface area contributed by atoms with Gasteiger partial charge >= 0.3 is 0 Å². The SMILES string of the molecule is CN=C(NCCCOc1cccc(OC)c1)N(C)Cc1csc(C)n1.I. The van der Waals surface area contributed by atoms with Gasteiger partial charge in [0.2, 0.25) is 0 Å². The Hall–Kier alpha value is -1.55. The maximum atomic E-state index is 5.74. The van der Waals surface area contributed by atoms with E-state index in [0.29, 0.717) is 6.61 Å². The summed E-state index contributed by atoms with van der Waals surface area (Å²) in [7, 11) is 5.45. The van der Waals surface area contributed by atoms with E-state index in [2.05, 4.69) is 25.6 Å². The number of halogens is 1. The van der Waals surface area contributed by atoms with Gasteiger partial charge in [-0.25, -0.2) is 4.98 Å². The summed E-state index contributed by atoms with van der Waals surface area (Å²) in [5.41, 5.74) is 1.06. The number of hydrogen-bond acceptors (Lipinski definition) is 5. The highest BCUT2D eigenvalue weighted by Gasteiger charge is 2.08. The molecule has 1 aromatic carbocycles. The van der Waals surface area contributed by atoms with Gasteiger partial charge < -0.3 is 19.7 Å². The minimum absolute atomic E-state index is 0. The number of benzene rings is 1. The molecule has 0 fully saturated rings. The van der Waals surface area contributed by atoms with Crippen molar-refractivity contribution in [1.29, 1.82) is 0 Å². The number of ether oxygens (including phenoxy) is 2. The lowest BCUT2D eigenvalue weighted by molar-refractivity contribution is 0.307. The van der Waals surface area contributed by atoms with Crippen LogP contribution in [-0.4, -0.2) is 50.2 Å². The number of nitrogens with zero attached hydrogens (tertiary/aromatic N) is 3. The molecule has 2 rings (SSSR count). The Morgan fingerprint density at radius 3 is 2.77 bits per heavy atom. The summed E-state index contributed by atoms with van der Waals surface area (Å²) in [5, 5.41) is 6.52. The molecule has 0 spiro atoms. The van der Waals surface area contributed by atoms with Crippen LogP contribution in [0.3, 0.4) is 0 Å². The van der Waals surface area contributed by atoms with Crippen LogP contribution in [0.15, 0.2) is 34.6 Å². The highest BCUT2D eigenvalue weighted by Crippen LogP contribution is 2.18. The number of nitrogens with one attached hydrogen (secondary N) is 1. The zero-order valence-electron chi connectivity index (χ0n) is 15.7. The van der Waals surface area contributed by atoms with E-state index in [-0.39, 0.29) is 24.0 Å². The molecule has 144 valence electrons. The number of aryl methyl sites for hydroxylation is 1. The van der Waals surface area contributed by atoms with Crippen LogP contribution in [0, 0.1) is 6.92 Å². The lowest BCUT2D eigenvalue weighted by Gasteiger charge is -2.21. The van der Waals surface area contributed by atoms with Crippen LogP contribution in [-0.2, 0) is 6.54 Å². The van der Waals surface area contributed by atoms with Gasteiger partial charge in [-0.3, -0.25) is 4.99 Å². The normalized spacial score (nSPS) is 10.8. The standard InChI is InChI=1S/C18H26N4O2S.HI/c1-14-21-15(13-25-14)12-22(3)18(19-2)20-9-6-10-24-17-8-5-7-16(11-17)23-4;/h5,7-8,11,13H,6,9-10,12H2,1-4H3,(H,19,20);1H. The first kappa shape index (κ1) is 22.5. The lowest BCUT2D eigenvalue weighted by Crippen LogP contribution is -2.39. The number of aliphatic imine (C=N–C) groups is 1. The predicted octanol–water partition coefficient (Wildman–Crippen LogP) is 3.55. The minimum Gasteiger partial charge on any atom is -0.497 e. The van der Waals surface area contributed by atoms with E-state index in [1.807, 2.05) is 38.2 Å². The summed E-state index contributed by atoms with van der Waals surface area (Å²) >= 11 is 1.67. The van der Waals surface area contributed by atoms with Gasteiger partial charge in [-0.05, 0) is 25.5 Å². The topological polar surface area (TPSA) is 59.0 Å². The Labute approximate surface area is 176 Å². The van der Waals surface area contributed by atoms with Gasteiger partial charge in [-0.2, -0.15) is 0 Å². The summed E-state index contributed by atoms with van der Waals surface area (Å²) in [6, 6.07) is 7.63. The van der Waals surface area contributed by atoms with Gasteiger partial charge in [-0.1, -0.05) is 6.07 Å². The average molecular weight is 490 g/mol. The van der Waals surface area contributed by atoms with Crippen molar-refractivity contribution in [3.05, 3.63) is 40.3 Å². The number of rotatable bonds is 8. The molecule has 1 aromatic heterocycles. The van der Waals surface area contributed by atoms with Gasteiger partial charge in [0, 0.05) is 32.1 Å². The Morgan fingerprint density at radius 1 is 1.35 bits per heavy atom. The molecule has 6 nitrogen and oxygen atoms in total. The average Bonchev–Trinajstić information content (AvgIpc) is 3.03. The second-order valence-electron chi connectivity index (χ2n) is 5.57. The van der Waals surface area contributed by atoms with Crippen molar-refractivity contribution in [2.45, 2.75) is 19.9 Å². The smallest absolute Gasteiger partial charge is 0.193 e. The molecule has 0 radical (unpaired) electrons. The molecule has 8 heteroatoms. The van der Waals surface area contributed by atoms with Crippen LogP contribution in [0.5, 0.6) is 11.5 Å². The van der Waals surface area contributed by atoms with Crippen LogP contribution >= 0.6 is 35.3 Å². The van der Waals surface area contributed by atoms with Crippen LogP contribution < -0.4 is 14.8 Å². The van der Waals surface area contributed by atoms with Gasteiger partial charge in [0.25, 0.3) is 0 Å². The molecule has 0 saturated carbocycles. The van der Waals surface area contributed by atoms with Gasteiger partial charge in [0.1, 0.15) is 11.5 Å². The number of methoxy groups -OCH3 is 1. The second kappa shape index (κ2) is 11.9. The monoisotopic (exact) mass is 490 g/mol. The molecule has 0 bridgehead atoms. The lowest BCUT2D eigenvalue weighted by atomic mass is 10.3. The maximum Gasteiger partial charge on any atom is 0.193 e. The Balaban J connectivity index is 0.00000338. The zero-order chi connectivity index (χ0) is 18.1. The Kier molecular flexibility index (Phi) is 10.3. The van der Waals surface area contributed by atoms with Crippen molar-refractivity contribution in [3.63, 3.8) is 0 Å². The molecule has 0 unspecified atom stereocenters. The third kappa shape index (κ3) is 7.36. The highest BCUT2D eigenvalue weighted by molar-refractivity contribution is 14.0. The predicted molar refractivity (Wildman–Crippen MR) is 118 cm³/mol. The van der Waals surface area contributed by atoms with Crippen LogP contribution in [0.4, 0.5) is 0 Å². The minimum atomic E-state index is 0. The van der Waals surface area contributed by atoms with E-state index in [9.17, 15) is 0 Å². The molecule has 0 aliphatic heterocycles. The molecule has 2 aromatic rings. The van der Waals surface area contributed by atoms with E-state index in [1.165, 1.54) is 0 Å². The van der Waals surface area contributed by atoms with Crippen LogP contribution in [0.25, 0.3) is 0 Å². The van der Waals surface area contributed by atoms with Crippen LogP contribution in [0.2, 0.25) is 0 Å². The molecule has 0 saturated heterocycles. The molecular weight excluding hydrogens is 463 g/mol. The first-order chi connectivity index (χ1) is 12.1.